The van der Waals surface area contributed by atoms with Gasteiger partial charge in [-0.3, -0.25) is 4.79 Å². The first-order valence-electron chi connectivity index (χ1n) is 7.00. The Hall–Kier alpha value is -1.75. The minimum atomic E-state index is -0.0686. The van der Waals surface area contributed by atoms with E-state index in [2.05, 4.69) is 5.32 Å². The summed E-state index contributed by atoms with van der Waals surface area (Å²) in [5.41, 5.74) is 8.10. The second-order valence-electron chi connectivity index (χ2n) is 5.44. The number of nitrogen functional groups attached to an aromatic ring is 1. The summed E-state index contributed by atoms with van der Waals surface area (Å²) in [4.78, 5) is 14.0. The molecule has 0 saturated carbocycles. The second kappa shape index (κ2) is 6.61. The van der Waals surface area contributed by atoms with Crippen molar-refractivity contribution in [1.29, 1.82) is 0 Å². The number of nitrogens with zero attached hydrogens (tertiary/aromatic N) is 1. The van der Waals surface area contributed by atoms with E-state index in [1.165, 1.54) is 0 Å². The highest BCUT2D eigenvalue weighted by Crippen LogP contribution is 2.22. The van der Waals surface area contributed by atoms with Gasteiger partial charge in [-0.25, -0.2) is 0 Å². The Morgan fingerprint density at radius 2 is 2.30 bits per heavy atom. The normalized spacial score (nSPS) is 18.0. The molecule has 2 rings (SSSR count). The molecule has 1 heterocycles. The van der Waals surface area contributed by atoms with Gasteiger partial charge in [0.25, 0.3) is 5.91 Å². The highest BCUT2D eigenvalue weighted by molar-refractivity contribution is 5.96. The topological polar surface area (TPSA) is 67.6 Å². The smallest absolute Gasteiger partial charge is 0.251 e. The van der Waals surface area contributed by atoms with Gasteiger partial charge in [-0.15, -0.1) is 0 Å². The number of amides is 1. The number of nitrogens with one attached hydrogen (secondary N) is 1. The van der Waals surface area contributed by atoms with Gasteiger partial charge >= 0.3 is 0 Å². The molecule has 5 nitrogen and oxygen atoms in total. The molecule has 1 aliphatic heterocycles. The SMILES string of the molecule is CN(C)c1ccc(C(=O)NCCC2CCOC2)cc1N. The summed E-state index contributed by atoms with van der Waals surface area (Å²) in [6, 6.07) is 5.40. The van der Waals surface area contributed by atoms with Crippen LogP contribution in [0.4, 0.5) is 11.4 Å². The first-order valence-corrected chi connectivity index (χ1v) is 7.00. The van der Waals surface area contributed by atoms with E-state index in [-0.39, 0.29) is 5.91 Å². The lowest BCUT2D eigenvalue weighted by molar-refractivity contribution is 0.0950. The van der Waals surface area contributed by atoms with Crippen molar-refractivity contribution < 1.29 is 9.53 Å². The second-order valence-corrected chi connectivity index (χ2v) is 5.44. The zero-order chi connectivity index (χ0) is 14.5. The van der Waals surface area contributed by atoms with Crippen molar-refractivity contribution in [3.8, 4) is 0 Å². The van der Waals surface area contributed by atoms with E-state index < -0.39 is 0 Å². The predicted molar refractivity (Wildman–Crippen MR) is 81.1 cm³/mol. The highest BCUT2D eigenvalue weighted by Gasteiger charge is 2.15. The Labute approximate surface area is 120 Å². The maximum absolute atomic E-state index is 12.0. The minimum absolute atomic E-state index is 0.0686. The number of nitrogens with two attached hydrogens (primary N) is 1. The van der Waals surface area contributed by atoms with Crippen molar-refractivity contribution in [2.75, 3.05) is 44.5 Å². The van der Waals surface area contributed by atoms with Gasteiger partial charge in [0.2, 0.25) is 0 Å². The molecule has 1 aromatic rings. The number of carbonyl (C=O) groups is 1. The van der Waals surface area contributed by atoms with Crippen LogP contribution in [0.15, 0.2) is 18.2 Å². The third-order valence-electron chi connectivity index (χ3n) is 3.63. The van der Waals surface area contributed by atoms with Crippen LogP contribution in [-0.2, 0) is 4.74 Å². The monoisotopic (exact) mass is 277 g/mol. The summed E-state index contributed by atoms with van der Waals surface area (Å²) in [6.45, 7) is 2.35. The molecule has 110 valence electrons. The Morgan fingerprint density at radius 3 is 2.90 bits per heavy atom. The van der Waals surface area contributed by atoms with Crippen LogP contribution in [-0.4, -0.2) is 39.8 Å². The van der Waals surface area contributed by atoms with Gasteiger partial charge < -0.3 is 20.7 Å². The Morgan fingerprint density at radius 1 is 1.50 bits per heavy atom. The molecule has 1 amide bonds. The predicted octanol–water partition coefficient (Wildman–Crippen LogP) is 1.49. The largest absolute Gasteiger partial charge is 0.397 e. The molecular formula is C15H23N3O2. The summed E-state index contributed by atoms with van der Waals surface area (Å²) in [7, 11) is 3.85. The van der Waals surface area contributed by atoms with Crippen molar-refractivity contribution in [2.45, 2.75) is 12.8 Å². The van der Waals surface area contributed by atoms with Crippen LogP contribution in [0.25, 0.3) is 0 Å². The average Bonchev–Trinajstić information content (AvgIpc) is 2.91. The van der Waals surface area contributed by atoms with Gasteiger partial charge in [0.15, 0.2) is 0 Å². The molecule has 1 unspecified atom stereocenters. The molecule has 0 spiro atoms. The number of hydrogen-bond acceptors (Lipinski definition) is 4. The van der Waals surface area contributed by atoms with E-state index >= 15 is 0 Å². The van der Waals surface area contributed by atoms with Crippen LogP contribution < -0.4 is 16.0 Å². The first-order chi connectivity index (χ1) is 9.58. The van der Waals surface area contributed by atoms with Crippen LogP contribution in [0, 0.1) is 5.92 Å². The number of anilines is 2. The van der Waals surface area contributed by atoms with E-state index in [0.29, 0.717) is 23.7 Å². The number of benzene rings is 1. The number of rotatable bonds is 5. The molecular weight excluding hydrogens is 254 g/mol. The number of carbonyl (C=O) groups excluding carboxylic acids is 1. The molecule has 1 atom stereocenters. The summed E-state index contributed by atoms with van der Waals surface area (Å²) < 4.78 is 5.32. The van der Waals surface area contributed by atoms with Gasteiger partial charge in [0.05, 0.1) is 11.4 Å². The van der Waals surface area contributed by atoms with Crippen molar-refractivity contribution in [2.24, 2.45) is 5.92 Å². The van der Waals surface area contributed by atoms with Gasteiger partial charge in [-0.05, 0) is 37.0 Å². The Kier molecular flexibility index (Phi) is 4.84. The van der Waals surface area contributed by atoms with Crippen LogP contribution in [0.5, 0.6) is 0 Å². The lowest BCUT2D eigenvalue weighted by Crippen LogP contribution is -2.26. The quantitative estimate of drug-likeness (QED) is 0.800. The number of hydrogen-bond donors (Lipinski definition) is 2. The average molecular weight is 277 g/mol. The van der Waals surface area contributed by atoms with Gasteiger partial charge in [-0.1, -0.05) is 0 Å². The van der Waals surface area contributed by atoms with E-state index in [0.717, 1.165) is 31.7 Å². The molecule has 1 aliphatic rings. The molecule has 3 N–H and O–H groups in total. The van der Waals surface area contributed by atoms with E-state index in [1.807, 2.05) is 25.1 Å². The molecule has 1 saturated heterocycles. The van der Waals surface area contributed by atoms with Crippen molar-refractivity contribution in [1.82, 2.24) is 5.32 Å². The molecule has 5 heteroatoms. The van der Waals surface area contributed by atoms with Crippen molar-refractivity contribution in [3.05, 3.63) is 23.8 Å². The summed E-state index contributed by atoms with van der Waals surface area (Å²) in [6.07, 6.45) is 2.07. The Balaban J connectivity index is 1.87. The summed E-state index contributed by atoms with van der Waals surface area (Å²) in [5.74, 6) is 0.511. The lowest BCUT2D eigenvalue weighted by Gasteiger charge is -2.16. The molecule has 1 fully saturated rings. The molecule has 0 aliphatic carbocycles. The van der Waals surface area contributed by atoms with Gasteiger partial charge in [0, 0.05) is 39.4 Å². The first kappa shape index (κ1) is 14.7. The number of ether oxygens (including phenoxy) is 1. The Bertz CT molecular complexity index is 468. The van der Waals surface area contributed by atoms with E-state index in [4.69, 9.17) is 10.5 Å². The van der Waals surface area contributed by atoms with Crippen LogP contribution in [0.1, 0.15) is 23.2 Å². The zero-order valence-corrected chi connectivity index (χ0v) is 12.2. The van der Waals surface area contributed by atoms with E-state index in [9.17, 15) is 4.79 Å². The maximum atomic E-state index is 12.0. The van der Waals surface area contributed by atoms with Crippen LogP contribution in [0.2, 0.25) is 0 Å². The molecule has 0 radical (unpaired) electrons. The van der Waals surface area contributed by atoms with Crippen molar-refractivity contribution >= 4 is 17.3 Å². The molecule has 1 aromatic carbocycles. The molecule has 0 aromatic heterocycles. The zero-order valence-electron chi connectivity index (χ0n) is 12.2. The third kappa shape index (κ3) is 3.63. The third-order valence-corrected chi connectivity index (χ3v) is 3.63. The fraction of sp³-hybridized carbons (Fsp3) is 0.533. The summed E-state index contributed by atoms with van der Waals surface area (Å²) in [5, 5.41) is 2.94. The van der Waals surface area contributed by atoms with Gasteiger partial charge in [0.1, 0.15) is 0 Å². The van der Waals surface area contributed by atoms with Gasteiger partial charge in [-0.2, -0.15) is 0 Å². The molecule has 20 heavy (non-hydrogen) atoms. The maximum Gasteiger partial charge on any atom is 0.251 e. The van der Waals surface area contributed by atoms with Crippen LogP contribution in [0.3, 0.4) is 0 Å². The summed E-state index contributed by atoms with van der Waals surface area (Å²) >= 11 is 0. The standard InChI is InChI=1S/C15H23N3O2/c1-18(2)14-4-3-12(9-13(14)16)15(19)17-7-5-11-6-8-20-10-11/h3-4,9,11H,5-8,10,16H2,1-2H3,(H,17,19). The van der Waals surface area contributed by atoms with Crippen molar-refractivity contribution in [3.63, 3.8) is 0 Å². The fourth-order valence-corrected chi connectivity index (χ4v) is 2.41. The minimum Gasteiger partial charge on any atom is -0.397 e. The van der Waals surface area contributed by atoms with Crippen LogP contribution >= 0.6 is 0 Å². The van der Waals surface area contributed by atoms with E-state index in [1.54, 1.807) is 12.1 Å². The molecule has 0 bridgehead atoms. The fourth-order valence-electron chi connectivity index (χ4n) is 2.41. The lowest BCUT2D eigenvalue weighted by atomic mass is 10.1. The highest BCUT2D eigenvalue weighted by atomic mass is 16.5.